The van der Waals surface area contributed by atoms with E-state index in [9.17, 15) is 8.42 Å². The lowest BCUT2D eigenvalue weighted by Gasteiger charge is -2.33. The molecule has 2 fully saturated rings. The first-order valence-corrected chi connectivity index (χ1v) is 9.52. The molecule has 1 aliphatic heterocycles. The standard InChI is InChI=1S/C14H22ClN3O2S/c1-17-10-16-14(13(17)15)21(19,20)18-9-5-8-12(18)11-6-3-2-4-7-11/h10-12H,2-9H2,1H3. The summed E-state index contributed by atoms with van der Waals surface area (Å²) in [5.41, 5.74) is 0. The zero-order chi connectivity index (χ0) is 15.0. The number of hydrogen-bond donors (Lipinski definition) is 0. The van der Waals surface area contributed by atoms with Crippen LogP contribution in [-0.2, 0) is 17.1 Å². The number of halogens is 1. The summed E-state index contributed by atoms with van der Waals surface area (Å²) in [4.78, 5) is 4.01. The van der Waals surface area contributed by atoms with Crippen molar-refractivity contribution in [3.8, 4) is 0 Å². The minimum Gasteiger partial charge on any atom is -0.324 e. The van der Waals surface area contributed by atoms with Gasteiger partial charge in [-0.3, -0.25) is 0 Å². The molecule has 7 heteroatoms. The van der Waals surface area contributed by atoms with Crippen molar-refractivity contribution >= 4 is 21.6 Å². The third-order valence-corrected chi connectivity index (χ3v) is 7.25. The molecule has 2 aliphatic rings. The fourth-order valence-corrected chi connectivity index (χ4v) is 5.88. The minimum atomic E-state index is -3.58. The number of aromatic nitrogens is 2. The molecule has 1 unspecified atom stereocenters. The lowest BCUT2D eigenvalue weighted by molar-refractivity contribution is 0.226. The van der Waals surface area contributed by atoms with E-state index in [4.69, 9.17) is 11.6 Å². The van der Waals surface area contributed by atoms with Crippen LogP contribution in [0.3, 0.4) is 0 Å². The maximum atomic E-state index is 12.9. The Morgan fingerprint density at radius 2 is 1.90 bits per heavy atom. The van der Waals surface area contributed by atoms with Crippen molar-refractivity contribution in [2.75, 3.05) is 6.54 Å². The lowest BCUT2D eigenvalue weighted by atomic mass is 9.83. The number of hydrogen-bond acceptors (Lipinski definition) is 3. The van der Waals surface area contributed by atoms with Crippen molar-refractivity contribution in [1.82, 2.24) is 13.9 Å². The highest BCUT2D eigenvalue weighted by molar-refractivity contribution is 7.89. The number of aryl methyl sites for hydroxylation is 1. The number of sulfonamides is 1. The number of imidazole rings is 1. The van der Waals surface area contributed by atoms with Gasteiger partial charge in [-0.1, -0.05) is 30.9 Å². The van der Waals surface area contributed by atoms with Crippen LogP contribution in [0.1, 0.15) is 44.9 Å². The molecule has 118 valence electrons. The molecule has 2 heterocycles. The van der Waals surface area contributed by atoms with Gasteiger partial charge in [-0.25, -0.2) is 13.4 Å². The highest BCUT2D eigenvalue weighted by atomic mass is 35.5. The van der Waals surface area contributed by atoms with Gasteiger partial charge in [0, 0.05) is 19.6 Å². The van der Waals surface area contributed by atoms with E-state index in [-0.39, 0.29) is 16.2 Å². The van der Waals surface area contributed by atoms with Crippen LogP contribution in [0.15, 0.2) is 11.4 Å². The molecular weight excluding hydrogens is 310 g/mol. The molecule has 1 atom stereocenters. The van der Waals surface area contributed by atoms with E-state index in [0.29, 0.717) is 12.5 Å². The summed E-state index contributed by atoms with van der Waals surface area (Å²) in [6, 6.07) is 0.133. The predicted molar refractivity (Wildman–Crippen MR) is 81.7 cm³/mol. The van der Waals surface area contributed by atoms with Crippen molar-refractivity contribution < 1.29 is 8.42 Å². The molecule has 0 bridgehead atoms. The van der Waals surface area contributed by atoms with E-state index in [0.717, 1.165) is 25.7 Å². The molecule has 5 nitrogen and oxygen atoms in total. The van der Waals surface area contributed by atoms with Crippen LogP contribution in [-0.4, -0.2) is 34.9 Å². The van der Waals surface area contributed by atoms with Crippen molar-refractivity contribution in [3.63, 3.8) is 0 Å². The average molecular weight is 332 g/mol. The second-order valence-corrected chi connectivity index (χ2v) is 8.34. The van der Waals surface area contributed by atoms with Crippen LogP contribution in [0.25, 0.3) is 0 Å². The van der Waals surface area contributed by atoms with Gasteiger partial charge < -0.3 is 4.57 Å². The maximum absolute atomic E-state index is 12.9. The molecule has 1 aromatic heterocycles. The van der Waals surface area contributed by atoms with Crippen LogP contribution in [0.4, 0.5) is 0 Å². The Labute approximate surface area is 131 Å². The van der Waals surface area contributed by atoms with Gasteiger partial charge >= 0.3 is 0 Å². The van der Waals surface area contributed by atoms with Gasteiger partial charge in [0.05, 0.1) is 6.33 Å². The fraction of sp³-hybridized carbons (Fsp3) is 0.786. The van der Waals surface area contributed by atoms with Crippen molar-refractivity contribution in [2.24, 2.45) is 13.0 Å². The molecule has 3 rings (SSSR count). The van der Waals surface area contributed by atoms with Gasteiger partial charge in [0.15, 0.2) is 0 Å². The largest absolute Gasteiger partial charge is 0.324 e. The van der Waals surface area contributed by atoms with E-state index in [1.54, 1.807) is 15.9 Å². The number of nitrogens with zero attached hydrogens (tertiary/aromatic N) is 3. The van der Waals surface area contributed by atoms with Gasteiger partial charge in [0.1, 0.15) is 5.15 Å². The first kappa shape index (κ1) is 15.3. The summed E-state index contributed by atoms with van der Waals surface area (Å²) in [6.07, 6.45) is 9.38. The molecule has 1 saturated heterocycles. The second-order valence-electron chi connectivity index (χ2n) is 6.17. The normalized spacial score (nSPS) is 25.5. The number of rotatable bonds is 3. The molecule has 0 radical (unpaired) electrons. The lowest BCUT2D eigenvalue weighted by Crippen LogP contribution is -2.41. The van der Waals surface area contributed by atoms with E-state index in [1.807, 2.05) is 0 Å². The zero-order valence-corrected chi connectivity index (χ0v) is 13.9. The molecule has 0 amide bonds. The van der Waals surface area contributed by atoms with Crippen LogP contribution in [0.5, 0.6) is 0 Å². The van der Waals surface area contributed by atoms with E-state index < -0.39 is 10.0 Å². The molecule has 1 saturated carbocycles. The fourth-order valence-electron chi connectivity index (χ4n) is 3.73. The molecule has 21 heavy (non-hydrogen) atoms. The first-order chi connectivity index (χ1) is 10.0. The molecule has 0 spiro atoms. The van der Waals surface area contributed by atoms with Gasteiger partial charge in [-0.2, -0.15) is 4.31 Å². The Morgan fingerprint density at radius 3 is 2.52 bits per heavy atom. The zero-order valence-electron chi connectivity index (χ0n) is 12.3. The average Bonchev–Trinajstić information content (AvgIpc) is 3.09. The molecule has 0 aromatic carbocycles. The van der Waals surface area contributed by atoms with E-state index in [1.165, 1.54) is 25.6 Å². The quantitative estimate of drug-likeness (QED) is 0.855. The highest BCUT2D eigenvalue weighted by Crippen LogP contribution is 2.37. The van der Waals surface area contributed by atoms with Gasteiger partial charge in [-0.05, 0) is 31.6 Å². The van der Waals surface area contributed by atoms with E-state index >= 15 is 0 Å². The van der Waals surface area contributed by atoms with Crippen LogP contribution in [0, 0.1) is 5.92 Å². The van der Waals surface area contributed by atoms with Crippen LogP contribution < -0.4 is 0 Å². The third kappa shape index (κ3) is 2.73. The summed E-state index contributed by atoms with van der Waals surface area (Å²) in [7, 11) is -1.87. The molecule has 0 N–H and O–H groups in total. The summed E-state index contributed by atoms with van der Waals surface area (Å²) < 4.78 is 29.0. The molecule has 1 aliphatic carbocycles. The SMILES string of the molecule is Cn1cnc(S(=O)(=O)N2CCCC2C2CCCCC2)c1Cl. The van der Waals surface area contributed by atoms with Crippen molar-refractivity contribution in [2.45, 2.75) is 56.0 Å². The Balaban J connectivity index is 1.88. The van der Waals surface area contributed by atoms with Crippen molar-refractivity contribution in [3.05, 3.63) is 11.5 Å². The Bertz CT molecular complexity index is 608. The maximum Gasteiger partial charge on any atom is 0.263 e. The molecular formula is C14H22ClN3O2S. The van der Waals surface area contributed by atoms with Gasteiger partial charge in [0.2, 0.25) is 5.03 Å². The summed E-state index contributed by atoms with van der Waals surface area (Å²) in [6.45, 7) is 0.594. The Kier molecular flexibility index (Phi) is 4.30. The Hall–Kier alpha value is -0.590. The summed E-state index contributed by atoms with van der Waals surface area (Å²) >= 11 is 6.10. The van der Waals surface area contributed by atoms with E-state index in [2.05, 4.69) is 4.98 Å². The third-order valence-electron chi connectivity index (χ3n) is 4.83. The summed E-state index contributed by atoms with van der Waals surface area (Å²) in [5, 5.41) is 0.207. The predicted octanol–water partition coefficient (Wildman–Crippen LogP) is 2.81. The second kappa shape index (κ2) is 5.89. The van der Waals surface area contributed by atoms with Crippen LogP contribution in [0.2, 0.25) is 5.15 Å². The van der Waals surface area contributed by atoms with Crippen molar-refractivity contribution in [1.29, 1.82) is 0 Å². The monoisotopic (exact) mass is 331 g/mol. The topological polar surface area (TPSA) is 55.2 Å². The Morgan fingerprint density at radius 1 is 1.19 bits per heavy atom. The minimum absolute atomic E-state index is 0.00868. The highest BCUT2D eigenvalue weighted by Gasteiger charge is 2.41. The molecule has 1 aromatic rings. The summed E-state index contributed by atoms with van der Waals surface area (Å²) in [5.74, 6) is 0.499. The van der Waals surface area contributed by atoms with Crippen LogP contribution >= 0.6 is 11.6 Å². The first-order valence-electron chi connectivity index (χ1n) is 7.70. The van der Waals surface area contributed by atoms with Gasteiger partial charge in [-0.15, -0.1) is 0 Å². The smallest absolute Gasteiger partial charge is 0.263 e. The van der Waals surface area contributed by atoms with Gasteiger partial charge in [0.25, 0.3) is 10.0 Å².